The van der Waals surface area contributed by atoms with Crippen molar-refractivity contribution in [3.05, 3.63) is 57.8 Å². The van der Waals surface area contributed by atoms with E-state index in [4.69, 9.17) is 16.4 Å². The third kappa shape index (κ3) is 1.56. The minimum atomic E-state index is -0.163. The van der Waals surface area contributed by atoms with E-state index in [1.165, 1.54) is 11.8 Å². The van der Waals surface area contributed by atoms with Crippen molar-refractivity contribution in [2.45, 2.75) is 0 Å². The molecule has 0 aliphatic carbocycles. The number of hydrogen-bond acceptors (Lipinski definition) is 2. The predicted molar refractivity (Wildman–Crippen MR) is 89.7 cm³/mol. The van der Waals surface area contributed by atoms with Gasteiger partial charge in [-0.2, -0.15) is 0 Å². The Bertz CT molecular complexity index is 1110. The molecule has 0 aliphatic heterocycles. The van der Waals surface area contributed by atoms with E-state index in [9.17, 15) is 4.79 Å². The molecule has 4 nitrogen and oxygen atoms in total. The van der Waals surface area contributed by atoms with Crippen LogP contribution in [0.3, 0.4) is 0 Å². The molecule has 0 bridgehead atoms. The number of benzene rings is 2. The SMILES string of the molecule is COn1c(=O)c2c3ccccc3n(C)c2c2cc(Cl)ccc21. The van der Waals surface area contributed by atoms with Crippen molar-refractivity contribution < 1.29 is 4.84 Å². The molecule has 2 aromatic heterocycles. The number of halogens is 1. The highest BCUT2D eigenvalue weighted by molar-refractivity contribution is 6.32. The molecule has 0 fully saturated rings. The van der Waals surface area contributed by atoms with Gasteiger partial charge < -0.3 is 9.40 Å². The van der Waals surface area contributed by atoms with Crippen LogP contribution in [0.2, 0.25) is 5.02 Å². The second kappa shape index (κ2) is 4.52. The number of pyridine rings is 1. The fraction of sp³-hybridized carbons (Fsp3) is 0.118. The molecule has 0 N–H and O–H groups in total. The minimum Gasteiger partial charge on any atom is -0.413 e. The van der Waals surface area contributed by atoms with E-state index in [2.05, 4.69) is 0 Å². The number of hydrogen-bond donors (Lipinski definition) is 0. The maximum Gasteiger partial charge on any atom is 0.293 e. The third-order valence-electron chi connectivity index (χ3n) is 4.12. The molecule has 0 amide bonds. The molecule has 2 aromatic carbocycles. The summed E-state index contributed by atoms with van der Waals surface area (Å²) in [6.07, 6.45) is 0. The number of fused-ring (bicyclic) bond motifs is 5. The van der Waals surface area contributed by atoms with Gasteiger partial charge in [-0.15, -0.1) is 4.73 Å². The molecule has 0 aliphatic rings. The topological polar surface area (TPSA) is 36.2 Å². The molecule has 0 unspecified atom stereocenters. The van der Waals surface area contributed by atoms with E-state index >= 15 is 0 Å². The first-order chi connectivity index (χ1) is 10.6. The standard InChI is InChI=1S/C17H13ClN2O2/c1-19-13-6-4-3-5-11(13)15-16(19)12-9-10(18)7-8-14(12)20(22-2)17(15)21/h3-9H,1-2H3. The van der Waals surface area contributed by atoms with Gasteiger partial charge in [0.15, 0.2) is 0 Å². The Morgan fingerprint density at radius 3 is 2.59 bits per heavy atom. The monoisotopic (exact) mass is 312 g/mol. The summed E-state index contributed by atoms with van der Waals surface area (Å²) in [6, 6.07) is 13.3. The molecule has 5 heteroatoms. The van der Waals surface area contributed by atoms with E-state index in [0.717, 1.165) is 21.8 Å². The lowest BCUT2D eigenvalue weighted by Gasteiger charge is -2.10. The molecule has 110 valence electrons. The first-order valence-electron chi connectivity index (χ1n) is 6.89. The largest absolute Gasteiger partial charge is 0.413 e. The quantitative estimate of drug-likeness (QED) is 0.540. The van der Waals surface area contributed by atoms with E-state index in [0.29, 0.717) is 15.9 Å². The average molecular weight is 313 g/mol. The zero-order chi connectivity index (χ0) is 15.4. The maximum atomic E-state index is 12.9. The summed E-state index contributed by atoms with van der Waals surface area (Å²) < 4.78 is 3.35. The van der Waals surface area contributed by atoms with E-state index in [-0.39, 0.29) is 5.56 Å². The summed E-state index contributed by atoms with van der Waals surface area (Å²) in [5.41, 5.74) is 2.42. The van der Waals surface area contributed by atoms with Gasteiger partial charge >= 0.3 is 0 Å². The van der Waals surface area contributed by atoms with Gasteiger partial charge in [0.25, 0.3) is 5.56 Å². The Morgan fingerprint density at radius 2 is 1.82 bits per heavy atom. The second-order valence-electron chi connectivity index (χ2n) is 5.24. The molecule has 4 aromatic rings. The number of para-hydroxylation sites is 1. The van der Waals surface area contributed by atoms with Crippen LogP contribution in [-0.4, -0.2) is 16.4 Å². The lowest BCUT2D eigenvalue weighted by Crippen LogP contribution is -2.25. The molecule has 4 rings (SSSR count). The highest BCUT2D eigenvalue weighted by Gasteiger charge is 2.18. The fourth-order valence-electron chi connectivity index (χ4n) is 3.19. The summed E-state index contributed by atoms with van der Waals surface area (Å²) in [7, 11) is 3.45. The lowest BCUT2D eigenvalue weighted by molar-refractivity contribution is 0.170. The smallest absolute Gasteiger partial charge is 0.293 e. The van der Waals surface area contributed by atoms with Crippen molar-refractivity contribution >= 4 is 44.3 Å². The van der Waals surface area contributed by atoms with Crippen LogP contribution in [0.5, 0.6) is 0 Å². The Hall–Kier alpha value is -2.46. The Kier molecular flexibility index (Phi) is 2.71. The Morgan fingerprint density at radius 1 is 1.05 bits per heavy atom. The van der Waals surface area contributed by atoms with Crippen molar-refractivity contribution in [1.29, 1.82) is 0 Å². The van der Waals surface area contributed by atoms with Crippen LogP contribution in [-0.2, 0) is 7.05 Å². The van der Waals surface area contributed by atoms with Gasteiger partial charge in [0, 0.05) is 28.4 Å². The number of aromatic nitrogens is 2. The van der Waals surface area contributed by atoms with Crippen molar-refractivity contribution in [3.63, 3.8) is 0 Å². The molecule has 0 atom stereocenters. The van der Waals surface area contributed by atoms with Gasteiger partial charge in [0.05, 0.1) is 16.4 Å². The van der Waals surface area contributed by atoms with Crippen molar-refractivity contribution in [2.75, 3.05) is 7.11 Å². The van der Waals surface area contributed by atoms with Crippen LogP contribution in [0.25, 0.3) is 32.7 Å². The van der Waals surface area contributed by atoms with Gasteiger partial charge in [0.2, 0.25) is 0 Å². The molecule has 0 saturated heterocycles. The number of rotatable bonds is 1. The first-order valence-corrected chi connectivity index (χ1v) is 7.27. The van der Waals surface area contributed by atoms with E-state index in [1.54, 1.807) is 12.1 Å². The number of nitrogens with zero attached hydrogens (tertiary/aromatic N) is 2. The lowest BCUT2D eigenvalue weighted by atomic mass is 10.1. The maximum absolute atomic E-state index is 12.9. The van der Waals surface area contributed by atoms with Crippen LogP contribution < -0.4 is 10.4 Å². The molecule has 22 heavy (non-hydrogen) atoms. The van der Waals surface area contributed by atoms with Gasteiger partial charge in [-0.3, -0.25) is 4.79 Å². The normalized spacial score (nSPS) is 11.6. The predicted octanol–water partition coefficient (Wildman–Crippen LogP) is 3.36. The zero-order valence-corrected chi connectivity index (χ0v) is 12.9. The van der Waals surface area contributed by atoms with E-state index in [1.807, 2.05) is 41.9 Å². The molecule has 2 heterocycles. The summed E-state index contributed by atoms with van der Waals surface area (Å²) in [5, 5.41) is 3.08. The molecular weight excluding hydrogens is 300 g/mol. The van der Waals surface area contributed by atoms with Gasteiger partial charge in [0.1, 0.15) is 7.11 Å². The van der Waals surface area contributed by atoms with Crippen LogP contribution in [0.15, 0.2) is 47.3 Å². The minimum absolute atomic E-state index is 0.163. The van der Waals surface area contributed by atoms with Crippen molar-refractivity contribution in [3.8, 4) is 0 Å². The van der Waals surface area contributed by atoms with Crippen LogP contribution in [0, 0.1) is 0 Å². The summed E-state index contributed by atoms with van der Waals surface area (Å²) in [6.45, 7) is 0. The Labute approximate surface area is 131 Å². The highest BCUT2D eigenvalue weighted by atomic mass is 35.5. The summed E-state index contributed by atoms with van der Waals surface area (Å²) >= 11 is 6.17. The van der Waals surface area contributed by atoms with Gasteiger partial charge in [-0.1, -0.05) is 29.8 Å². The first kappa shape index (κ1) is 13.2. The third-order valence-corrected chi connectivity index (χ3v) is 4.36. The van der Waals surface area contributed by atoms with Crippen molar-refractivity contribution in [1.82, 2.24) is 9.30 Å². The Balaban J connectivity index is 2.45. The molecule has 0 radical (unpaired) electrons. The molecule has 0 saturated carbocycles. The number of aryl methyl sites for hydroxylation is 1. The highest BCUT2D eigenvalue weighted by Crippen LogP contribution is 2.31. The molecule has 0 spiro atoms. The summed E-state index contributed by atoms with van der Waals surface area (Å²) in [5.74, 6) is 0. The molecular formula is C17H13ClN2O2. The summed E-state index contributed by atoms with van der Waals surface area (Å²) in [4.78, 5) is 18.2. The van der Waals surface area contributed by atoms with Gasteiger partial charge in [-0.25, -0.2) is 0 Å². The second-order valence-corrected chi connectivity index (χ2v) is 5.68. The van der Waals surface area contributed by atoms with Crippen LogP contribution in [0.1, 0.15) is 0 Å². The average Bonchev–Trinajstić information content (AvgIpc) is 2.83. The van der Waals surface area contributed by atoms with Crippen molar-refractivity contribution in [2.24, 2.45) is 7.05 Å². The zero-order valence-electron chi connectivity index (χ0n) is 12.1. The fourth-order valence-corrected chi connectivity index (χ4v) is 3.36. The van der Waals surface area contributed by atoms with E-state index < -0.39 is 0 Å². The van der Waals surface area contributed by atoms with Crippen LogP contribution in [0.4, 0.5) is 0 Å². The van der Waals surface area contributed by atoms with Crippen LogP contribution >= 0.6 is 11.6 Å². The van der Waals surface area contributed by atoms with Gasteiger partial charge in [-0.05, 0) is 24.3 Å².